The molecule has 1 atom stereocenters. The van der Waals surface area contributed by atoms with Crippen LogP contribution in [0.3, 0.4) is 0 Å². The van der Waals surface area contributed by atoms with Gasteiger partial charge in [0, 0.05) is 25.0 Å². The highest BCUT2D eigenvalue weighted by Crippen LogP contribution is 2.35. The van der Waals surface area contributed by atoms with Crippen LogP contribution in [-0.4, -0.2) is 37.0 Å². The summed E-state index contributed by atoms with van der Waals surface area (Å²) in [5, 5.41) is 3.42. The molecule has 0 bridgehead atoms. The van der Waals surface area contributed by atoms with E-state index in [-0.39, 0.29) is 5.91 Å². The summed E-state index contributed by atoms with van der Waals surface area (Å²) >= 11 is 0. The third-order valence-corrected chi connectivity index (χ3v) is 4.01. The first-order valence-electron chi connectivity index (χ1n) is 6.33. The normalized spacial score (nSPS) is 28.8. The minimum Gasteiger partial charge on any atom is -0.459 e. The molecule has 2 saturated heterocycles. The molecule has 0 radical (unpaired) electrons. The Hall–Kier alpha value is -1.29. The average molecular weight is 234 g/mol. The van der Waals surface area contributed by atoms with Crippen LogP contribution in [0, 0.1) is 5.41 Å². The van der Waals surface area contributed by atoms with Crippen molar-refractivity contribution in [2.45, 2.75) is 19.3 Å². The van der Waals surface area contributed by atoms with Crippen molar-refractivity contribution >= 4 is 5.91 Å². The van der Waals surface area contributed by atoms with Gasteiger partial charge in [-0.1, -0.05) is 0 Å². The molecule has 2 aliphatic heterocycles. The smallest absolute Gasteiger partial charge is 0.289 e. The molecular formula is C13H18N2O2. The fourth-order valence-corrected chi connectivity index (χ4v) is 3.08. The molecule has 1 amide bonds. The molecule has 2 aliphatic rings. The number of nitrogens with zero attached hydrogens (tertiary/aromatic N) is 1. The van der Waals surface area contributed by atoms with Crippen LogP contribution >= 0.6 is 0 Å². The molecule has 1 N–H and O–H groups in total. The van der Waals surface area contributed by atoms with Gasteiger partial charge in [0.05, 0.1) is 6.26 Å². The van der Waals surface area contributed by atoms with Gasteiger partial charge in [0.15, 0.2) is 5.76 Å². The summed E-state index contributed by atoms with van der Waals surface area (Å²) in [6, 6.07) is 3.51. The van der Waals surface area contributed by atoms with E-state index in [4.69, 9.17) is 4.42 Å². The third-order valence-electron chi connectivity index (χ3n) is 4.01. The zero-order valence-corrected chi connectivity index (χ0v) is 9.95. The van der Waals surface area contributed by atoms with Crippen molar-refractivity contribution < 1.29 is 9.21 Å². The van der Waals surface area contributed by atoms with E-state index in [1.54, 1.807) is 18.4 Å². The van der Waals surface area contributed by atoms with E-state index in [1.165, 1.54) is 12.8 Å². The van der Waals surface area contributed by atoms with Crippen LogP contribution in [0.2, 0.25) is 0 Å². The Morgan fingerprint density at radius 1 is 1.47 bits per heavy atom. The first-order chi connectivity index (χ1) is 8.29. The second-order valence-corrected chi connectivity index (χ2v) is 5.23. The van der Waals surface area contributed by atoms with Gasteiger partial charge >= 0.3 is 0 Å². The summed E-state index contributed by atoms with van der Waals surface area (Å²) < 4.78 is 5.19. The molecule has 0 saturated carbocycles. The predicted molar refractivity (Wildman–Crippen MR) is 63.8 cm³/mol. The van der Waals surface area contributed by atoms with Gasteiger partial charge in [-0.2, -0.15) is 0 Å². The molecule has 1 spiro atoms. The van der Waals surface area contributed by atoms with Gasteiger partial charge < -0.3 is 14.6 Å². The van der Waals surface area contributed by atoms with Crippen molar-refractivity contribution in [1.29, 1.82) is 0 Å². The number of amides is 1. The second kappa shape index (κ2) is 4.18. The molecule has 17 heavy (non-hydrogen) atoms. The van der Waals surface area contributed by atoms with E-state index >= 15 is 0 Å². The van der Waals surface area contributed by atoms with Crippen LogP contribution < -0.4 is 5.32 Å². The van der Waals surface area contributed by atoms with Gasteiger partial charge in [-0.25, -0.2) is 0 Å². The Kier molecular flexibility index (Phi) is 2.67. The average Bonchev–Trinajstić information content (AvgIpc) is 3.00. The molecule has 3 rings (SSSR count). The van der Waals surface area contributed by atoms with Crippen molar-refractivity contribution in [2.75, 3.05) is 26.2 Å². The van der Waals surface area contributed by atoms with Crippen LogP contribution in [0.15, 0.2) is 22.8 Å². The number of nitrogens with one attached hydrogen (secondary N) is 1. The lowest BCUT2D eigenvalue weighted by Gasteiger charge is -2.39. The molecule has 0 aliphatic carbocycles. The van der Waals surface area contributed by atoms with Crippen molar-refractivity contribution in [2.24, 2.45) is 5.41 Å². The number of likely N-dealkylation sites (tertiary alicyclic amines) is 1. The Morgan fingerprint density at radius 3 is 3.12 bits per heavy atom. The van der Waals surface area contributed by atoms with Crippen LogP contribution in [0.25, 0.3) is 0 Å². The highest BCUT2D eigenvalue weighted by Gasteiger charge is 2.39. The van der Waals surface area contributed by atoms with Crippen molar-refractivity contribution in [3.63, 3.8) is 0 Å². The summed E-state index contributed by atoms with van der Waals surface area (Å²) in [4.78, 5) is 14.2. The highest BCUT2D eigenvalue weighted by molar-refractivity contribution is 5.91. The molecule has 92 valence electrons. The molecule has 3 heterocycles. The van der Waals surface area contributed by atoms with Gasteiger partial charge in [-0.05, 0) is 37.9 Å². The van der Waals surface area contributed by atoms with Gasteiger partial charge in [-0.15, -0.1) is 0 Å². The molecule has 1 aromatic rings. The summed E-state index contributed by atoms with van der Waals surface area (Å²) in [6.07, 6.45) is 5.09. The van der Waals surface area contributed by atoms with E-state index in [9.17, 15) is 4.79 Å². The van der Waals surface area contributed by atoms with Gasteiger partial charge in [0.2, 0.25) is 0 Å². The van der Waals surface area contributed by atoms with Gasteiger partial charge in [-0.3, -0.25) is 4.79 Å². The monoisotopic (exact) mass is 234 g/mol. The number of piperidine rings is 1. The Balaban J connectivity index is 1.73. The highest BCUT2D eigenvalue weighted by atomic mass is 16.3. The van der Waals surface area contributed by atoms with E-state index in [2.05, 4.69) is 5.32 Å². The first kappa shape index (κ1) is 10.8. The summed E-state index contributed by atoms with van der Waals surface area (Å²) in [6.45, 7) is 3.87. The van der Waals surface area contributed by atoms with Crippen molar-refractivity contribution in [3.8, 4) is 0 Å². The van der Waals surface area contributed by atoms with E-state index < -0.39 is 0 Å². The maximum atomic E-state index is 12.2. The summed E-state index contributed by atoms with van der Waals surface area (Å²) in [7, 11) is 0. The molecule has 0 unspecified atom stereocenters. The molecule has 4 nitrogen and oxygen atoms in total. The third kappa shape index (κ3) is 1.97. The molecule has 4 heteroatoms. The van der Waals surface area contributed by atoms with Crippen LogP contribution in [0.4, 0.5) is 0 Å². The SMILES string of the molecule is O=C(c1ccco1)N1CCC[C@@]2(CCNC2)C1. The minimum atomic E-state index is 0.0426. The summed E-state index contributed by atoms with van der Waals surface area (Å²) in [5.74, 6) is 0.508. The number of carbonyl (C=O) groups is 1. The number of furan rings is 1. The lowest BCUT2D eigenvalue weighted by molar-refractivity contribution is 0.0523. The number of hydrogen-bond donors (Lipinski definition) is 1. The molecular weight excluding hydrogens is 216 g/mol. The van der Waals surface area contributed by atoms with E-state index in [0.29, 0.717) is 11.2 Å². The Bertz CT molecular complexity index is 394. The Labute approximate surface area is 101 Å². The van der Waals surface area contributed by atoms with Crippen LogP contribution in [0.1, 0.15) is 29.8 Å². The van der Waals surface area contributed by atoms with E-state index in [1.807, 2.05) is 4.90 Å². The molecule has 1 aromatic heterocycles. The second-order valence-electron chi connectivity index (χ2n) is 5.23. The standard InChI is InChI=1S/C13H18N2O2/c16-12(11-3-1-8-17-11)15-7-2-4-13(10-15)5-6-14-9-13/h1,3,8,14H,2,4-7,9-10H2/t13-/m0/s1. The largest absolute Gasteiger partial charge is 0.459 e. The van der Waals surface area contributed by atoms with Gasteiger partial charge in [0.25, 0.3) is 5.91 Å². The zero-order chi connectivity index (χ0) is 11.7. The maximum absolute atomic E-state index is 12.2. The van der Waals surface area contributed by atoms with Crippen molar-refractivity contribution in [3.05, 3.63) is 24.2 Å². The summed E-state index contributed by atoms with van der Waals surface area (Å²) in [5.41, 5.74) is 0.320. The van der Waals surface area contributed by atoms with E-state index in [0.717, 1.165) is 32.6 Å². The predicted octanol–water partition coefficient (Wildman–Crippen LogP) is 1.50. The minimum absolute atomic E-state index is 0.0426. The Morgan fingerprint density at radius 2 is 2.41 bits per heavy atom. The topological polar surface area (TPSA) is 45.5 Å². The maximum Gasteiger partial charge on any atom is 0.289 e. The van der Waals surface area contributed by atoms with Crippen LogP contribution in [0.5, 0.6) is 0 Å². The number of carbonyl (C=O) groups excluding carboxylic acids is 1. The molecule has 0 aromatic carbocycles. The lowest BCUT2D eigenvalue weighted by atomic mass is 9.79. The number of rotatable bonds is 1. The van der Waals surface area contributed by atoms with Crippen molar-refractivity contribution in [1.82, 2.24) is 10.2 Å². The molecule has 2 fully saturated rings. The fourth-order valence-electron chi connectivity index (χ4n) is 3.08. The lowest BCUT2D eigenvalue weighted by Crippen LogP contribution is -2.47. The fraction of sp³-hybridized carbons (Fsp3) is 0.615. The van der Waals surface area contributed by atoms with Crippen LogP contribution in [-0.2, 0) is 0 Å². The zero-order valence-electron chi connectivity index (χ0n) is 9.95. The van der Waals surface area contributed by atoms with Gasteiger partial charge in [0.1, 0.15) is 0 Å². The quantitative estimate of drug-likeness (QED) is 0.801. The first-order valence-corrected chi connectivity index (χ1v) is 6.33. The number of hydrogen-bond acceptors (Lipinski definition) is 3.